The molecule has 1 aromatic carbocycles. The van der Waals surface area contributed by atoms with Gasteiger partial charge in [0.25, 0.3) is 0 Å². The lowest BCUT2D eigenvalue weighted by atomic mass is 9.97. The number of piperidine rings is 1. The maximum atomic E-state index is 12.8. The summed E-state index contributed by atoms with van der Waals surface area (Å²) in [6.45, 7) is 2.56. The Bertz CT molecular complexity index is 769. The fourth-order valence-electron chi connectivity index (χ4n) is 3.73. The highest BCUT2D eigenvalue weighted by atomic mass is 16.5. The number of aromatic nitrogens is 2. The lowest BCUT2D eigenvalue weighted by Gasteiger charge is -2.32. The van der Waals surface area contributed by atoms with Gasteiger partial charge in [-0.2, -0.15) is 0 Å². The molecular formula is C20H26N4O2. The first-order valence-electron chi connectivity index (χ1n) is 9.44. The molecule has 1 aliphatic carbocycles. The Morgan fingerprint density at radius 3 is 2.96 bits per heavy atom. The number of benzene rings is 1. The molecule has 1 atom stereocenters. The van der Waals surface area contributed by atoms with Gasteiger partial charge in [-0.15, -0.1) is 0 Å². The summed E-state index contributed by atoms with van der Waals surface area (Å²) in [5.41, 5.74) is 0.706. The van der Waals surface area contributed by atoms with Crippen molar-refractivity contribution in [3.05, 3.63) is 42.5 Å². The molecule has 2 heterocycles. The van der Waals surface area contributed by atoms with Crippen molar-refractivity contribution in [1.29, 1.82) is 0 Å². The van der Waals surface area contributed by atoms with Crippen LogP contribution < -0.4 is 10.1 Å². The zero-order valence-electron chi connectivity index (χ0n) is 15.2. The van der Waals surface area contributed by atoms with Crippen LogP contribution in [-0.2, 0) is 6.54 Å². The predicted octanol–water partition coefficient (Wildman–Crippen LogP) is 3.71. The topological polar surface area (TPSA) is 59.4 Å². The second-order valence-corrected chi connectivity index (χ2v) is 7.30. The standard InChI is InChI=1S/C20H26N4O2/c1-26-18-7-3-2-6-17(18)22-20(25)24-11-4-5-16(14-24)19-21-10-12-23(19)13-15-8-9-15/h2-3,6-7,10,12,15-16H,4-5,8-9,11,13-14H2,1H3,(H,22,25)/t16-/m1/s1. The van der Waals surface area contributed by atoms with Crippen LogP contribution in [0.1, 0.15) is 37.4 Å². The molecule has 2 aliphatic rings. The van der Waals surface area contributed by atoms with Gasteiger partial charge in [0.2, 0.25) is 0 Å². The van der Waals surface area contributed by atoms with Crippen molar-refractivity contribution in [2.45, 2.75) is 38.1 Å². The minimum Gasteiger partial charge on any atom is -0.495 e. The number of ether oxygens (including phenoxy) is 1. The number of carbonyl (C=O) groups is 1. The third kappa shape index (κ3) is 3.69. The number of hydrogen-bond acceptors (Lipinski definition) is 3. The number of hydrogen-bond donors (Lipinski definition) is 1. The monoisotopic (exact) mass is 354 g/mol. The molecule has 0 bridgehead atoms. The lowest BCUT2D eigenvalue weighted by Crippen LogP contribution is -2.42. The number of anilines is 1. The van der Waals surface area contributed by atoms with Gasteiger partial charge in [-0.25, -0.2) is 9.78 Å². The van der Waals surface area contributed by atoms with Crippen LogP contribution in [0.15, 0.2) is 36.7 Å². The van der Waals surface area contributed by atoms with Gasteiger partial charge in [0.05, 0.1) is 12.8 Å². The second-order valence-electron chi connectivity index (χ2n) is 7.30. The molecule has 0 spiro atoms. The maximum absolute atomic E-state index is 12.8. The number of para-hydroxylation sites is 2. The minimum absolute atomic E-state index is 0.0699. The number of urea groups is 1. The maximum Gasteiger partial charge on any atom is 0.321 e. The molecule has 138 valence electrons. The van der Waals surface area contributed by atoms with Gasteiger partial charge in [-0.3, -0.25) is 0 Å². The fraction of sp³-hybridized carbons (Fsp3) is 0.500. The average molecular weight is 354 g/mol. The van der Waals surface area contributed by atoms with Gasteiger partial charge in [-0.1, -0.05) is 12.1 Å². The largest absolute Gasteiger partial charge is 0.495 e. The molecule has 0 unspecified atom stereocenters. The van der Waals surface area contributed by atoms with E-state index in [0.29, 0.717) is 23.9 Å². The van der Waals surface area contributed by atoms with Crippen molar-refractivity contribution in [1.82, 2.24) is 14.5 Å². The van der Waals surface area contributed by atoms with Crippen LogP contribution in [-0.4, -0.2) is 40.7 Å². The molecule has 0 radical (unpaired) electrons. The van der Waals surface area contributed by atoms with Crippen LogP contribution in [0.3, 0.4) is 0 Å². The Kier molecular flexibility index (Phi) is 4.82. The van der Waals surface area contributed by atoms with Crippen LogP contribution in [0.4, 0.5) is 10.5 Å². The Hall–Kier alpha value is -2.50. The van der Waals surface area contributed by atoms with E-state index in [1.807, 2.05) is 35.4 Å². The van der Waals surface area contributed by atoms with Crippen molar-refractivity contribution < 1.29 is 9.53 Å². The van der Waals surface area contributed by atoms with E-state index >= 15 is 0 Å². The number of likely N-dealkylation sites (tertiary alicyclic amines) is 1. The van der Waals surface area contributed by atoms with Gasteiger partial charge in [0, 0.05) is 37.9 Å². The van der Waals surface area contributed by atoms with Crippen molar-refractivity contribution in [3.63, 3.8) is 0 Å². The molecular weight excluding hydrogens is 328 g/mol. The number of imidazole rings is 1. The quantitative estimate of drug-likeness (QED) is 0.890. The summed E-state index contributed by atoms with van der Waals surface area (Å²) in [5, 5.41) is 2.99. The summed E-state index contributed by atoms with van der Waals surface area (Å²) in [6, 6.07) is 7.43. The minimum atomic E-state index is -0.0699. The zero-order valence-corrected chi connectivity index (χ0v) is 15.2. The van der Waals surface area contributed by atoms with Crippen molar-refractivity contribution in [2.24, 2.45) is 5.92 Å². The molecule has 1 aliphatic heterocycles. The zero-order chi connectivity index (χ0) is 17.9. The lowest BCUT2D eigenvalue weighted by molar-refractivity contribution is 0.190. The number of nitrogens with one attached hydrogen (secondary N) is 1. The molecule has 2 fully saturated rings. The van der Waals surface area contributed by atoms with Crippen LogP contribution in [0.2, 0.25) is 0 Å². The predicted molar refractivity (Wildman–Crippen MR) is 101 cm³/mol. The van der Waals surface area contributed by atoms with E-state index in [9.17, 15) is 4.79 Å². The van der Waals surface area contributed by atoms with Crippen molar-refractivity contribution >= 4 is 11.7 Å². The van der Waals surface area contributed by atoms with Gasteiger partial charge in [0.1, 0.15) is 11.6 Å². The SMILES string of the molecule is COc1ccccc1NC(=O)N1CCC[C@@H](c2nccn2CC2CC2)C1. The highest BCUT2D eigenvalue weighted by Gasteiger charge is 2.29. The number of methoxy groups -OCH3 is 1. The normalized spacial score (nSPS) is 20.0. The molecule has 1 saturated carbocycles. The summed E-state index contributed by atoms with van der Waals surface area (Å²) in [5.74, 6) is 2.93. The van der Waals surface area contributed by atoms with E-state index in [4.69, 9.17) is 4.74 Å². The summed E-state index contributed by atoms with van der Waals surface area (Å²) in [7, 11) is 1.61. The van der Waals surface area contributed by atoms with Crippen LogP contribution >= 0.6 is 0 Å². The van der Waals surface area contributed by atoms with E-state index in [2.05, 4.69) is 21.1 Å². The Labute approximate surface area is 154 Å². The van der Waals surface area contributed by atoms with Gasteiger partial charge >= 0.3 is 6.03 Å². The molecule has 2 aromatic rings. The number of carbonyl (C=O) groups excluding carboxylic acids is 1. The third-order valence-electron chi connectivity index (χ3n) is 5.32. The Morgan fingerprint density at radius 2 is 2.15 bits per heavy atom. The first-order valence-corrected chi connectivity index (χ1v) is 9.44. The molecule has 1 N–H and O–H groups in total. The van der Waals surface area contributed by atoms with Gasteiger partial charge in [-0.05, 0) is 43.7 Å². The Balaban J connectivity index is 1.43. The highest BCUT2D eigenvalue weighted by Crippen LogP contribution is 2.33. The van der Waals surface area contributed by atoms with Gasteiger partial charge < -0.3 is 19.5 Å². The van der Waals surface area contributed by atoms with Crippen molar-refractivity contribution in [3.8, 4) is 5.75 Å². The van der Waals surface area contributed by atoms with Crippen LogP contribution in [0.25, 0.3) is 0 Å². The van der Waals surface area contributed by atoms with Crippen LogP contribution in [0.5, 0.6) is 5.75 Å². The van der Waals surface area contributed by atoms with Crippen molar-refractivity contribution in [2.75, 3.05) is 25.5 Å². The number of nitrogens with zero attached hydrogens (tertiary/aromatic N) is 3. The second kappa shape index (κ2) is 7.40. The van der Waals surface area contributed by atoms with E-state index in [1.54, 1.807) is 7.11 Å². The number of rotatable bonds is 5. The average Bonchev–Trinajstić information content (AvgIpc) is 3.37. The third-order valence-corrected chi connectivity index (χ3v) is 5.32. The van der Waals surface area contributed by atoms with E-state index < -0.39 is 0 Å². The molecule has 6 nitrogen and oxygen atoms in total. The molecule has 2 amide bonds. The molecule has 1 saturated heterocycles. The highest BCUT2D eigenvalue weighted by molar-refractivity contribution is 5.91. The molecule has 6 heteroatoms. The van der Waals surface area contributed by atoms with E-state index in [0.717, 1.165) is 37.7 Å². The first-order chi connectivity index (χ1) is 12.7. The first kappa shape index (κ1) is 16.9. The fourth-order valence-corrected chi connectivity index (χ4v) is 3.73. The summed E-state index contributed by atoms with van der Waals surface area (Å²) < 4.78 is 7.62. The van der Waals surface area contributed by atoms with Crippen LogP contribution in [0, 0.1) is 5.92 Å². The molecule has 26 heavy (non-hydrogen) atoms. The molecule has 4 rings (SSSR count). The summed E-state index contributed by atoms with van der Waals surface area (Å²) in [6.07, 6.45) is 8.72. The van der Waals surface area contributed by atoms with Gasteiger partial charge in [0.15, 0.2) is 0 Å². The summed E-state index contributed by atoms with van der Waals surface area (Å²) >= 11 is 0. The summed E-state index contributed by atoms with van der Waals surface area (Å²) in [4.78, 5) is 19.3. The smallest absolute Gasteiger partial charge is 0.321 e. The number of amides is 2. The Morgan fingerprint density at radius 1 is 1.31 bits per heavy atom. The molecule has 1 aromatic heterocycles. The van der Waals surface area contributed by atoms with E-state index in [1.165, 1.54) is 12.8 Å². The van der Waals surface area contributed by atoms with E-state index in [-0.39, 0.29) is 6.03 Å².